The van der Waals surface area contributed by atoms with E-state index in [0.29, 0.717) is 16.9 Å². The van der Waals surface area contributed by atoms with Crippen molar-refractivity contribution in [2.24, 2.45) is 10.2 Å². The Kier molecular flexibility index (Phi) is 3.75. The average Bonchev–Trinajstić information content (AvgIpc) is 2.95. The lowest BCUT2D eigenvalue weighted by Gasteiger charge is -1.99. The summed E-state index contributed by atoms with van der Waals surface area (Å²) in [7, 11) is 0. The molecule has 0 aliphatic heterocycles. The summed E-state index contributed by atoms with van der Waals surface area (Å²) in [6.45, 7) is 0. The lowest BCUT2D eigenvalue weighted by molar-refractivity contribution is -0.384. The first-order valence-corrected chi connectivity index (χ1v) is 6.52. The molecule has 2 aromatic heterocycles. The third-order valence-corrected chi connectivity index (χ3v) is 3.01. The minimum atomic E-state index is -0.509. The lowest BCUT2D eigenvalue weighted by atomic mass is 10.1. The van der Waals surface area contributed by atoms with Gasteiger partial charge in [0.1, 0.15) is 5.69 Å². The zero-order valence-electron chi connectivity index (χ0n) is 11.6. The van der Waals surface area contributed by atoms with Crippen LogP contribution in [0.2, 0.25) is 0 Å². The van der Waals surface area contributed by atoms with Crippen molar-refractivity contribution < 1.29 is 4.92 Å². The smallest absolute Gasteiger partial charge is 0.292 e. The van der Waals surface area contributed by atoms with E-state index < -0.39 is 10.5 Å². The number of nitro benzene ring substituents is 1. The second-order valence-electron chi connectivity index (χ2n) is 4.52. The number of hydrogen-bond donors (Lipinski definition) is 2. The number of rotatable bonds is 4. The van der Waals surface area contributed by atoms with E-state index in [1.165, 1.54) is 24.4 Å². The summed E-state index contributed by atoms with van der Waals surface area (Å²) in [6.07, 6.45) is 3.09. The lowest BCUT2D eigenvalue weighted by Crippen LogP contribution is -1.96. The highest BCUT2D eigenvalue weighted by Crippen LogP contribution is 2.28. The molecule has 1 aromatic carbocycles. The van der Waals surface area contributed by atoms with Gasteiger partial charge in [-0.05, 0) is 12.1 Å². The molecule has 114 valence electrons. The number of nitrogens with zero attached hydrogens (tertiary/aromatic N) is 4. The molecule has 3 rings (SSSR count). The molecule has 23 heavy (non-hydrogen) atoms. The highest BCUT2D eigenvalue weighted by atomic mass is 16.6. The van der Waals surface area contributed by atoms with Crippen LogP contribution in [0.15, 0.2) is 63.8 Å². The van der Waals surface area contributed by atoms with E-state index in [1.54, 1.807) is 24.4 Å². The van der Waals surface area contributed by atoms with Gasteiger partial charge >= 0.3 is 0 Å². The standard InChI is InChI=1S/C14H10N6O3/c21-14-13(18-16-10-4-2-6-15-8-10)12(17-19-14)9-3-1-5-11(7-9)20(22)23/h1-8H,(H2,17,19,21). The zero-order valence-corrected chi connectivity index (χ0v) is 11.6. The molecule has 0 aliphatic rings. The second-order valence-corrected chi connectivity index (χ2v) is 4.52. The molecule has 0 spiro atoms. The highest BCUT2D eigenvalue weighted by Gasteiger charge is 2.14. The van der Waals surface area contributed by atoms with E-state index in [0.717, 1.165) is 0 Å². The van der Waals surface area contributed by atoms with Crippen molar-refractivity contribution in [1.82, 2.24) is 15.2 Å². The number of aromatic nitrogens is 3. The van der Waals surface area contributed by atoms with Crippen LogP contribution in [0.5, 0.6) is 0 Å². The summed E-state index contributed by atoms with van der Waals surface area (Å²) in [5.41, 5.74) is 0.746. The summed E-state index contributed by atoms with van der Waals surface area (Å²) in [5, 5.41) is 23.8. The Morgan fingerprint density at radius 1 is 1.13 bits per heavy atom. The largest absolute Gasteiger partial charge is 0.295 e. The molecule has 2 N–H and O–H groups in total. The quantitative estimate of drug-likeness (QED) is 0.435. The third kappa shape index (κ3) is 3.02. The van der Waals surface area contributed by atoms with Gasteiger partial charge in [-0.25, -0.2) is 0 Å². The number of H-pyrrole nitrogens is 2. The fourth-order valence-corrected chi connectivity index (χ4v) is 1.95. The Bertz CT molecular complexity index is 929. The monoisotopic (exact) mass is 310 g/mol. The van der Waals surface area contributed by atoms with Crippen molar-refractivity contribution in [2.45, 2.75) is 0 Å². The number of hydrogen-bond acceptors (Lipinski definition) is 6. The number of nitrogens with one attached hydrogen (secondary N) is 2. The summed E-state index contributed by atoms with van der Waals surface area (Å²) in [6, 6.07) is 9.25. The van der Waals surface area contributed by atoms with Gasteiger partial charge in [0, 0.05) is 23.9 Å². The fourth-order valence-electron chi connectivity index (χ4n) is 1.95. The van der Waals surface area contributed by atoms with Crippen LogP contribution >= 0.6 is 0 Å². The van der Waals surface area contributed by atoms with E-state index in [9.17, 15) is 14.9 Å². The molecule has 9 nitrogen and oxygen atoms in total. The molecule has 0 atom stereocenters. The minimum Gasteiger partial charge on any atom is -0.295 e. The van der Waals surface area contributed by atoms with Crippen LogP contribution in [0.1, 0.15) is 0 Å². The van der Waals surface area contributed by atoms with Crippen molar-refractivity contribution in [1.29, 1.82) is 0 Å². The molecule has 9 heteroatoms. The normalized spacial score (nSPS) is 11.0. The maximum atomic E-state index is 11.9. The van der Waals surface area contributed by atoms with Gasteiger partial charge in [-0.2, -0.15) is 0 Å². The van der Waals surface area contributed by atoms with Crippen LogP contribution in [-0.4, -0.2) is 20.1 Å². The number of benzene rings is 1. The Labute approximate surface area is 128 Å². The molecule has 0 saturated carbocycles. The zero-order chi connectivity index (χ0) is 16.2. The molecular formula is C14H10N6O3. The Morgan fingerprint density at radius 2 is 2.00 bits per heavy atom. The van der Waals surface area contributed by atoms with Gasteiger partial charge in [0.25, 0.3) is 11.2 Å². The van der Waals surface area contributed by atoms with E-state index in [2.05, 4.69) is 25.4 Å². The first-order chi connectivity index (χ1) is 11.1. The molecule has 0 amide bonds. The second kappa shape index (κ2) is 6.02. The van der Waals surface area contributed by atoms with Crippen molar-refractivity contribution in [3.63, 3.8) is 0 Å². The van der Waals surface area contributed by atoms with Gasteiger partial charge in [0.05, 0.1) is 16.8 Å². The maximum Gasteiger partial charge on any atom is 0.292 e. The molecule has 0 unspecified atom stereocenters. The first kappa shape index (κ1) is 14.3. The van der Waals surface area contributed by atoms with Gasteiger partial charge < -0.3 is 0 Å². The van der Waals surface area contributed by atoms with Gasteiger partial charge in [-0.3, -0.25) is 30.1 Å². The maximum absolute atomic E-state index is 11.9. The molecule has 0 saturated heterocycles. The molecule has 0 fully saturated rings. The predicted molar refractivity (Wildman–Crippen MR) is 81.9 cm³/mol. The van der Waals surface area contributed by atoms with E-state index in [-0.39, 0.29) is 11.4 Å². The Hall–Kier alpha value is -3.62. The Morgan fingerprint density at radius 3 is 2.74 bits per heavy atom. The van der Waals surface area contributed by atoms with Crippen LogP contribution in [0.3, 0.4) is 0 Å². The summed E-state index contributed by atoms with van der Waals surface area (Å²) >= 11 is 0. The number of nitro groups is 1. The molecule has 3 aromatic rings. The molecule has 2 heterocycles. The van der Waals surface area contributed by atoms with E-state index in [4.69, 9.17) is 0 Å². The fraction of sp³-hybridized carbons (Fsp3) is 0. The van der Waals surface area contributed by atoms with Gasteiger partial charge in [0.2, 0.25) is 0 Å². The molecular weight excluding hydrogens is 300 g/mol. The number of aromatic amines is 2. The third-order valence-electron chi connectivity index (χ3n) is 3.01. The summed E-state index contributed by atoms with van der Waals surface area (Å²) in [4.78, 5) is 26.1. The number of pyridine rings is 1. The van der Waals surface area contributed by atoms with Crippen LogP contribution < -0.4 is 5.56 Å². The highest BCUT2D eigenvalue weighted by molar-refractivity contribution is 5.72. The van der Waals surface area contributed by atoms with Crippen LogP contribution in [-0.2, 0) is 0 Å². The van der Waals surface area contributed by atoms with Gasteiger partial charge in [0.15, 0.2) is 5.69 Å². The van der Waals surface area contributed by atoms with E-state index in [1.807, 2.05) is 0 Å². The van der Waals surface area contributed by atoms with Crippen molar-refractivity contribution in [3.05, 3.63) is 69.3 Å². The van der Waals surface area contributed by atoms with Crippen LogP contribution in [0.4, 0.5) is 17.1 Å². The Balaban J connectivity index is 2.02. The topological polar surface area (TPSA) is 129 Å². The van der Waals surface area contributed by atoms with Crippen molar-refractivity contribution in [2.75, 3.05) is 0 Å². The minimum absolute atomic E-state index is 0.0364. The SMILES string of the molecule is O=c1[nH][nH]c(-c2cccc([N+](=O)[O-])c2)c1N=Nc1cccnc1. The van der Waals surface area contributed by atoms with Gasteiger partial charge in [-0.1, -0.05) is 12.1 Å². The molecule has 0 bridgehead atoms. The molecule has 0 radical (unpaired) electrons. The average molecular weight is 310 g/mol. The van der Waals surface area contributed by atoms with Crippen LogP contribution in [0.25, 0.3) is 11.3 Å². The van der Waals surface area contributed by atoms with Gasteiger partial charge in [-0.15, -0.1) is 10.2 Å². The summed E-state index contributed by atoms with van der Waals surface area (Å²) < 4.78 is 0. The van der Waals surface area contributed by atoms with E-state index >= 15 is 0 Å². The number of non-ortho nitro benzene ring substituents is 1. The predicted octanol–water partition coefficient (Wildman–Crippen LogP) is 3.09. The van der Waals surface area contributed by atoms with Crippen molar-refractivity contribution >= 4 is 17.1 Å². The first-order valence-electron chi connectivity index (χ1n) is 6.52. The van der Waals surface area contributed by atoms with Crippen molar-refractivity contribution in [3.8, 4) is 11.3 Å². The molecule has 0 aliphatic carbocycles. The number of azo groups is 1. The van der Waals surface area contributed by atoms with Crippen LogP contribution in [0, 0.1) is 10.1 Å². The summed E-state index contributed by atoms with van der Waals surface area (Å²) in [5.74, 6) is 0.